The first-order valence-electron chi connectivity index (χ1n) is 6.98. The van der Waals surface area contributed by atoms with Crippen LogP contribution in [-0.4, -0.2) is 34.1 Å². The molecule has 1 aliphatic rings. The Balaban J connectivity index is 1.76. The van der Waals surface area contributed by atoms with Crippen molar-refractivity contribution in [2.45, 2.75) is 25.8 Å². The van der Waals surface area contributed by atoms with Gasteiger partial charge in [0, 0.05) is 12.6 Å². The lowest BCUT2D eigenvalue weighted by atomic mass is 10.3. The van der Waals surface area contributed by atoms with Crippen LogP contribution in [0.2, 0.25) is 0 Å². The summed E-state index contributed by atoms with van der Waals surface area (Å²) in [5.74, 6) is 0.151. The van der Waals surface area contributed by atoms with Gasteiger partial charge in [0.1, 0.15) is 5.82 Å². The lowest BCUT2D eigenvalue weighted by Crippen LogP contribution is -2.21. The van der Waals surface area contributed by atoms with E-state index in [1.807, 2.05) is 4.57 Å². The molecule has 0 saturated carbocycles. The zero-order valence-corrected chi connectivity index (χ0v) is 12.9. The van der Waals surface area contributed by atoms with Gasteiger partial charge in [-0.2, -0.15) is 0 Å². The van der Waals surface area contributed by atoms with E-state index in [0.29, 0.717) is 15.9 Å². The number of likely N-dealkylation sites (tertiary alicyclic amines) is 1. The molecule has 6 heteroatoms. The Kier molecular flexibility index (Phi) is 3.94. The third kappa shape index (κ3) is 2.67. The summed E-state index contributed by atoms with van der Waals surface area (Å²) < 4.78 is 15.9. The second-order valence-corrected chi connectivity index (χ2v) is 6.13. The highest BCUT2D eigenvalue weighted by molar-refractivity contribution is 9.10. The number of nitrogens with zero attached hydrogens (tertiary/aromatic N) is 3. The number of benzene rings is 1. The van der Waals surface area contributed by atoms with Crippen molar-refractivity contribution < 1.29 is 4.39 Å². The molecule has 1 fully saturated rings. The van der Waals surface area contributed by atoms with Crippen molar-refractivity contribution in [3.05, 3.63) is 22.4 Å². The largest absolute Gasteiger partial charge is 0.369 e. The molecule has 0 atom stereocenters. The second kappa shape index (κ2) is 5.69. The Hall–Kier alpha value is -1.14. The maximum atomic E-state index is 13.5. The van der Waals surface area contributed by atoms with Crippen LogP contribution < -0.4 is 5.73 Å². The molecule has 0 bridgehead atoms. The van der Waals surface area contributed by atoms with E-state index in [9.17, 15) is 4.39 Å². The van der Waals surface area contributed by atoms with E-state index < -0.39 is 0 Å². The Labute approximate surface area is 125 Å². The van der Waals surface area contributed by atoms with E-state index in [2.05, 4.69) is 25.8 Å². The van der Waals surface area contributed by atoms with Gasteiger partial charge in [0.2, 0.25) is 5.95 Å². The summed E-state index contributed by atoms with van der Waals surface area (Å²) in [7, 11) is 0. The third-order valence-electron chi connectivity index (χ3n) is 3.87. The van der Waals surface area contributed by atoms with Gasteiger partial charge in [-0.3, -0.25) is 0 Å². The number of fused-ring (bicyclic) bond motifs is 1. The molecule has 0 aliphatic carbocycles. The maximum Gasteiger partial charge on any atom is 0.201 e. The average molecular weight is 341 g/mol. The molecule has 4 nitrogen and oxygen atoms in total. The third-order valence-corrected chi connectivity index (χ3v) is 4.48. The van der Waals surface area contributed by atoms with E-state index in [1.54, 1.807) is 6.07 Å². The summed E-state index contributed by atoms with van der Waals surface area (Å²) in [5.41, 5.74) is 7.45. The number of hydrogen-bond acceptors (Lipinski definition) is 3. The van der Waals surface area contributed by atoms with Crippen LogP contribution in [0.3, 0.4) is 0 Å². The normalized spacial score (nSPS) is 16.3. The number of anilines is 1. The summed E-state index contributed by atoms with van der Waals surface area (Å²) in [6, 6.07) is 3.18. The number of nitrogens with two attached hydrogens (primary N) is 1. The van der Waals surface area contributed by atoms with Gasteiger partial charge in [0.15, 0.2) is 0 Å². The Morgan fingerprint density at radius 2 is 2.00 bits per heavy atom. The zero-order valence-electron chi connectivity index (χ0n) is 11.3. The highest BCUT2D eigenvalue weighted by Gasteiger charge is 2.13. The first-order valence-corrected chi connectivity index (χ1v) is 7.77. The summed E-state index contributed by atoms with van der Waals surface area (Å²) in [4.78, 5) is 6.71. The van der Waals surface area contributed by atoms with Gasteiger partial charge in [-0.25, -0.2) is 9.37 Å². The number of halogens is 2. The zero-order chi connectivity index (χ0) is 14.1. The van der Waals surface area contributed by atoms with Crippen LogP contribution in [0.1, 0.15) is 19.3 Å². The summed E-state index contributed by atoms with van der Waals surface area (Å²) in [6.45, 7) is 4.31. The second-order valence-electron chi connectivity index (χ2n) is 5.28. The van der Waals surface area contributed by atoms with E-state index >= 15 is 0 Å². The van der Waals surface area contributed by atoms with Gasteiger partial charge in [-0.15, -0.1) is 0 Å². The van der Waals surface area contributed by atoms with E-state index in [1.165, 1.54) is 32.0 Å². The number of hydrogen-bond donors (Lipinski definition) is 1. The highest BCUT2D eigenvalue weighted by atomic mass is 79.9. The monoisotopic (exact) mass is 340 g/mol. The van der Waals surface area contributed by atoms with Crippen molar-refractivity contribution in [1.82, 2.24) is 14.5 Å². The van der Waals surface area contributed by atoms with Crippen molar-refractivity contribution in [1.29, 1.82) is 0 Å². The van der Waals surface area contributed by atoms with Crippen LogP contribution in [-0.2, 0) is 6.54 Å². The fraction of sp³-hybridized carbons (Fsp3) is 0.500. The minimum Gasteiger partial charge on any atom is -0.369 e. The minimum absolute atomic E-state index is 0.306. The Bertz CT molecular complexity index is 619. The minimum atomic E-state index is -0.306. The molecular weight excluding hydrogens is 323 g/mol. The van der Waals surface area contributed by atoms with Gasteiger partial charge in [-0.1, -0.05) is 0 Å². The Morgan fingerprint density at radius 1 is 1.25 bits per heavy atom. The Morgan fingerprint density at radius 3 is 2.75 bits per heavy atom. The highest BCUT2D eigenvalue weighted by Crippen LogP contribution is 2.25. The lowest BCUT2D eigenvalue weighted by Gasteiger charge is -2.15. The molecule has 2 N–H and O–H groups in total. The average Bonchev–Trinajstić information content (AvgIpc) is 3.01. The first-order chi connectivity index (χ1) is 9.65. The van der Waals surface area contributed by atoms with Crippen molar-refractivity contribution in [2.75, 3.05) is 25.4 Å². The molecule has 0 amide bonds. The van der Waals surface area contributed by atoms with Crippen LogP contribution in [0.5, 0.6) is 0 Å². The molecule has 3 rings (SSSR count). The molecule has 1 aromatic heterocycles. The van der Waals surface area contributed by atoms with Crippen LogP contribution >= 0.6 is 15.9 Å². The first kappa shape index (κ1) is 13.8. The fourth-order valence-corrected chi connectivity index (χ4v) is 3.16. The van der Waals surface area contributed by atoms with Crippen molar-refractivity contribution in [3.8, 4) is 0 Å². The van der Waals surface area contributed by atoms with E-state index in [-0.39, 0.29) is 5.82 Å². The van der Waals surface area contributed by atoms with Gasteiger partial charge in [-0.05, 0) is 60.9 Å². The van der Waals surface area contributed by atoms with Gasteiger partial charge >= 0.3 is 0 Å². The van der Waals surface area contributed by atoms with Crippen molar-refractivity contribution in [2.24, 2.45) is 0 Å². The van der Waals surface area contributed by atoms with Crippen LogP contribution in [0.15, 0.2) is 16.6 Å². The van der Waals surface area contributed by atoms with E-state index in [4.69, 9.17) is 5.73 Å². The molecular formula is C14H18BrFN4. The quantitative estimate of drug-likeness (QED) is 0.930. The van der Waals surface area contributed by atoms with Crippen LogP contribution in [0.25, 0.3) is 11.0 Å². The molecule has 0 radical (unpaired) electrons. The molecule has 0 unspecified atom stereocenters. The molecule has 108 valence electrons. The van der Waals surface area contributed by atoms with Crippen LogP contribution in [0.4, 0.5) is 10.3 Å². The maximum absolute atomic E-state index is 13.5. The van der Waals surface area contributed by atoms with Crippen molar-refractivity contribution >= 4 is 32.9 Å². The number of aryl methyl sites for hydroxylation is 1. The molecule has 1 aromatic carbocycles. The molecule has 0 spiro atoms. The smallest absolute Gasteiger partial charge is 0.201 e. The topological polar surface area (TPSA) is 47.1 Å². The van der Waals surface area contributed by atoms with Gasteiger partial charge in [0.25, 0.3) is 0 Å². The number of nitrogen functional groups attached to an aromatic ring is 1. The molecule has 1 aliphatic heterocycles. The molecule has 2 heterocycles. The van der Waals surface area contributed by atoms with Crippen molar-refractivity contribution in [3.63, 3.8) is 0 Å². The number of rotatable bonds is 4. The summed E-state index contributed by atoms with van der Waals surface area (Å²) >= 11 is 3.22. The predicted molar refractivity (Wildman–Crippen MR) is 82.1 cm³/mol. The lowest BCUT2D eigenvalue weighted by molar-refractivity contribution is 0.326. The summed E-state index contributed by atoms with van der Waals surface area (Å²) in [5, 5.41) is 0. The molecule has 2 aromatic rings. The van der Waals surface area contributed by atoms with Gasteiger partial charge in [0.05, 0.1) is 15.5 Å². The predicted octanol–water partition coefficient (Wildman–Crippen LogP) is 3.01. The molecule has 20 heavy (non-hydrogen) atoms. The van der Waals surface area contributed by atoms with Gasteiger partial charge < -0.3 is 15.2 Å². The standard InChI is InChI=1S/C14H18BrFN4/c15-10-8-13-12(9-11(10)16)18-14(17)20(13)7-3-6-19-4-1-2-5-19/h8-9H,1-7H2,(H2,17,18). The number of imidazole rings is 1. The SMILES string of the molecule is Nc1nc2cc(F)c(Br)cc2n1CCCN1CCCC1. The number of aromatic nitrogens is 2. The van der Waals surface area contributed by atoms with Crippen LogP contribution in [0, 0.1) is 5.82 Å². The van der Waals surface area contributed by atoms with E-state index in [0.717, 1.165) is 25.0 Å². The molecule has 1 saturated heterocycles. The fourth-order valence-electron chi connectivity index (χ4n) is 2.83. The summed E-state index contributed by atoms with van der Waals surface area (Å²) in [6.07, 6.45) is 3.65.